The number of aliphatic imine (C=N–C) groups is 1. The van der Waals surface area contributed by atoms with Crippen LogP contribution in [-0.4, -0.2) is 75.9 Å². The first-order valence-corrected chi connectivity index (χ1v) is 10.5. The monoisotopic (exact) mass is 524 g/mol. The van der Waals surface area contributed by atoms with Crippen LogP contribution in [0.1, 0.15) is 19.4 Å². The predicted molar refractivity (Wildman–Crippen MR) is 133 cm³/mol. The van der Waals surface area contributed by atoms with Gasteiger partial charge in [-0.25, -0.2) is 0 Å². The molecule has 0 saturated carbocycles. The number of ether oxygens (including phenoxy) is 2. The largest absolute Gasteiger partial charge is 0.492 e. The Morgan fingerprint density at radius 3 is 2.57 bits per heavy atom. The summed E-state index contributed by atoms with van der Waals surface area (Å²) in [7, 11) is 5.58. The number of benzene rings is 1. The van der Waals surface area contributed by atoms with Gasteiger partial charge in [0.1, 0.15) is 12.4 Å². The molecule has 0 heterocycles. The number of rotatable bonds is 12. The van der Waals surface area contributed by atoms with Gasteiger partial charge in [-0.15, -0.1) is 24.0 Å². The minimum atomic E-state index is 0. The fourth-order valence-corrected chi connectivity index (χ4v) is 2.42. The van der Waals surface area contributed by atoms with Crippen LogP contribution < -0.4 is 15.4 Å². The summed E-state index contributed by atoms with van der Waals surface area (Å²) in [6.45, 7) is 9.15. The zero-order valence-electron chi connectivity index (χ0n) is 18.1. The first-order valence-electron chi connectivity index (χ1n) is 9.29. The molecule has 0 saturated heterocycles. The van der Waals surface area contributed by atoms with E-state index < -0.39 is 0 Å². The van der Waals surface area contributed by atoms with Crippen LogP contribution in [0.25, 0.3) is 0 Å². The lowest BCUT2D eigenvalue weighted by Crippen LogP contribution is -2.42. The molecule has 0 radical (unpaired) electrons. The van der Waals surface area contributed by atoms with Gasteiger partial charge in [-0.3, -0.25) is 4.99 Å². The third-order valence-electron chi connectivity index (χ3n) is 4.24. The van der Waals surface area contributed by atoms with Crippen molar-refractivity contribution in [2.45, 2.75) is 25.1 Å². The maximum Gasteiger partial charge on any atom is 0.191 e. The van der Waals surface area contributed by atoms with E-state index in [1.807, 2.05) is 23.9 Å². The summed E-state index contributed by atoms with van der Waals surface area (Å²) in [6.07, 6.45) is 2.12. The molecule has 0 unspecified atom stereocenters. The van der Waals surface area contributed by atoms with Gasteiger partial charge in [0.05, 0.1) is 6.61 Å². The molecule has 0 atom stereocenters. The first kappa shape index (κ1) is 27.3. The molecule has 1 rings (SSSR count). The Morgan fingerprint density at radius 2 is 1.93 bits per heavy atom. The van der Waals surface area contributed by atoms with Gasteiger partial charge in [0.2, 0.25) is 0 Å². The minimum absolute atomic E-state index is 0. The summed E-state index contributed by atoms with van der Waals surface area (Å²) in [4.78, 5) is 6.49. The number of guanidine groups is 1. The number of halogens is 1. The second-order valence-corrected chi connectivity index (χ2v) is 8.55. The fourth-order valence-electron chi connectivity index (χ4n) is 2.20. The van der Waals surface area contributed by atoms with Gasteiger partial charge < -0.3 is 25.0 Å². The molecule has 0 aliphatic heterocycles. The number of likely N-dealkylation sites (N-methyl/N-ethyl adjacent to an activating group) is 1. The van der Waals surface area contributed by atoms with Gasteiger partial charge in [-0.1, -0.05) is 12.1 Å². The molecule has 0 aromatic heterocycles. The Hall–Kier alpha value is -0.710. The molecular weight excluding hydrogens is 487 g/mol. The van der Waals surface area contributed by atoms with Crippen molar-refractivity contribution in [1.82, 2.24) is 15.5 Å². The van der Waals surface area contributed by atoms with Crippen LogP contribution in [0.5, 0.6) is 5.75 Å². The van der Waals surface area contributed by atoms with E-state index >= 15 is 0 Å². The van der Waals surface area contributed by atoms with Crippen molar-refractivity contribution in [2.24, 2.45) is 4.99 Å². The molecule has 0 amide bonds. The highest BCUT2D eigenvalue weighted by Crippen LogP contribution is 2.19. The summed E-state index contributed by atoms with van der Waals surface area (Å²) in [5.74, 6) is 1.70. The molecule has 2 N–H and O–H groups in total. The van der Waals surface area contributed by atoms with Gasteiger partial charge in [-0.05, 0) is 44.8 Å². The Morgan fingerprint density at radius 1 is 1.21 bits per heavy atom. The van der Waals surface area contributed by atoms with Gasteiger partial charge in [0, 0.05) is 45.1 Å². The van der Waals surface area contributed by atoms with Crippen LogP contribution in [0.2, 0.25) is 0 Å². The third kappa shape index (κ3) is 12.0. The number of hydrogen-bond acceptors (Lipinski definition) is 5. The van der Waals surface area contributed by atoms with E-state index in [4.69, 9.17) is 9.47 Å². The average molecular weight is 525 g/mol. The zero-order chi connectivity index (χ0) is 20.1. The van der Waals surface area contributed by atoms with Crippen molar-refractivity contribution < 1.29 is 9.47 Å². The Bertz CT molecular complexity index is 573. The lowest BCUT2D eigenvalue weighted by Gasteiger charge is -2.23. The highest BCUT2D eigenvalue weighted by atomic mass is 127. The third-order valence-corrected chi connectivity index (χ3v) is 5.48. The molecule has 0 bridgehead atoms. The van der Waals surface area contributed by atoms with Crippen molar-refractivity contribution >= 4 is 41.7 Å². The van der Waals surface area contributed by atoms with E-state index in [-0.39, 0.29) is 28.7 Å². The van der Waals surface area contributed by atoms with Gasteiger partial charge in [-0.2, -0.15) is 11.8 Å². The lowest BCUT2D eigenvalue weighted by molar-refractivity contribution is 0.150. The van der Waals surface area contributed by atoms with Gasteiger partial charge >= 0.3 is 0 Å². The van der Waals surface area contributed by atoms with Crippen LogP contribution in [0.15, 0.2) is 29.3 Å². The molecule has 0 aliphatic rings. The number of nitrogens with zero attached hydrogens (tertiary/aromatic N) is 2. The van der Waals surface area contributed by atoms with Crippen molar-refractivity contribution in [1.29, 1.82) is 0 Å². The van der Waals surface area contributed by atoms with Crippen LogP contribution in [0.4, 0.5) is 0 Å². The molecule has 1 aromatic rings. The highest BCUT2D eigenvalue weighted by Gasteiger charge is 2.16. The molecule has 0 fully saturated rings. The first-order chi connectivity index (χ1) is 12.9. The quantitative estimate of drug-likeness (QED) is 0.249. The summed E-state index contributed by atoms with van der Waals surface area (Å²) in [5.41, 5.74) is 1.16. The second-order valence-electron chi connectivity index (χ2n) is 7.04. The Balaban J connectivity index is 0.00000729. The van der Waals surface area contributed by atoms with E-state index in [0.29, 0.717) is 13.2 Å². The molecular formula is C20H37IN4O2S. The molecule has 0 spiro atoms. The molecule has 0 aliphatic carbocycles. The number of nitrogens with one attached hydrogen (secondary N) is 2. The smallest absolute Gasteiger partial charge is 0.191 e. The van der Waals surface area contributed by atoms with Crippen molar-refractivity contribution in [2.75, 3.05) is 60.3 Å². The van der Waals surface area contributed by atoms with Crippen molar-refractivity contribution in [3.8, 4) is 5.75 Å². The number of thioether (sulfide) groups is 1. The van der Waals surface area contributed by atoms with E-state index in [0.717, 1.165) is 43.5 Å². The predicted octanol–water partition coefficient (Wildman–Crippen LogP) is 3.07. The fraction of sp³-hybridized carbons (Fsp3) is 0.650. The van der Waals surface area contributed by atoms with Crippen LogP contribution in [0.3, 0.4) is 0 Å². The molecule has 6 nitrogen and oxygen atoms in total. The molecule has 28 heavy (non-hydrogen) atoms. The maximum absolute atomic E-state index is 5.88. The Labute approximate surface area is 192 Å². The average Bonchev–Trinajstić information content (AvgIpc) is 2.67. The maximum atomic E-state index is 5.88. The molecule has 8 heteroatoms. The minimum Gasteiger partial charge on any atom is -0.492 e. The number of hydrogen-bond donors (Lipinski definition) is 2. The molecule has 1 aromatic carbocycles. The topological polar surface area (TPSA) is 58.1 Å². The summed E-state index contributed by atoms with van der Waals surface area (Å²) >= 11 is 1.84. The van der Waals surface area contributed by atoms with Gasteiger partial charge in [0.25, 0.3) is 0 Å². The Kier molecular flexibility index (Phi) is 14.8. The SMILES string of the molecule is CN=C(NCc1cccc(OCCN(C)CCOC)c1)NCC(C)(C)SC.I. The summed E-state index contributed by atoms with van der Waals surface area (Å²) in [6, 6.07) is 8.17. The summed E-state index contributed by atoms with van der Waals surface area (Å²) < 4.78 is 11.1. The zero-order valence-corrected chi connectivity index (χ0v) is 21.2. The van der Waals surface area contributed by atoms with Gasteiger partial charge in [0.15, 0.2) is 5.96 Å². The molecule has 162 valence electrons. The standard InChI is InChI=1S/C20H36N4O2S.HI/c1-20(2,27-6)16-23-19(21-3)22-15-17-8-7-9-18(14-17)26-13-11-24(4)10-12-25-5;/h7-9,14H,10-13,15-16H2,1-6H3,(H2,21,22,23);1H. The van der Waals surface area contributed by atoms with Crippen LogP contribution in [-0.2, 0) is 11.3 Å². The van der Waals surface area contributed by atoms with Crippen LogP contribution >= 0.6 is 35.7 Å². The van der Waals surface area contributed by atoms with Crippen molar-refractivity contribution in [3.63, 3.8) is 0 Å². The van der Waals surface area contributed by atoms with Crippen LogP contribution in [0, 0.1) is 0 Å². The van der Waals surface area contributed by atoms with E-state index in [1.54, 1.807) is 14.2 Å². The van der Waals surface area contributed by atoms with Crippen molar-refractivity contribution in [3.05, 3.63) is 29.8 Å². The van der Waals surface area contributed by atoms with E-state index in [9.17, 15) is 0 Å². The normalized spacial score (nSPS) is 11.9. The van der Waals surface area contributed by atoms with E-state index in [2.05, 4.69) is 59.8 Å². The van der Waals surface area contributed by atoms with E-state index in [1.165, 1.54) is 0 Å². The number of methoxy groups -OCH3 is 1. The lowest BCUT2D eigenvalue weighted by atomic mass is 10.2. The highest BCUT2D eigenvalue weighted by molar-refractivity contribution is 14.0. The summed E-state index contributed by atoms with van der Waals surface area (Å²) in [5, 5.41) is 6.74. The second kappa shape index (κ2) is 15.2.